The molecule has 0 aliphatic carbocycles. The lowest BCUT2D eigenvalue weighted by Gasteiger charge is -2.14. The number of hydrogen-bond donors (Lipinski definition) is 1. The molecule has 0 saturated carbocycles. The Bertz CT molecular complexity index is 732. The smallest absolute Gasteiger partial charge is 0.270 e. The summed E-state index contributed by atoms with van der Waals surface area (Å²) in [6, 6.07) is 6.10. The fourth-order valence-corrected chi connectivity index (χ4v) is 2.26. The molecule has 1 aliphatic rings. The van der Waals surface area contributed by atoms with Crippen molar-refractivity contribution >= 4 is 11.5 Å². The number of benzene rings is 1. The van der Waals surface area contributed by atoms with E-state index in [1.165, 1.54) is 12.1 Å². The number of epoxide rings is 1. The number of hydrogen-bond acceptors (Lipinski definition) is 2. The third-order valence-electron chi connectivity index (χ3n) is 3.87. The minimum atomic E-state index is -2.88. The van der Waals surface area contributed by atoms with Crippen molar-refractivity contribution in [3.8, 4) is 0 Å². The molecule has 0 radical (unpaired) electrons. The second-order valence-electron chi connectivity index (χ2n) is 6.53. The molecule has 25 heavy (non-hydrogen) atoms. The lowest BCUT2D eigenvalue weighted by molar-refractivity contribution is -0.121. The Morgan fingerprint density at radius 2 is 1.84 bits per heavy atom. The lowest BCUT2D eigenvalue weighted by Crippen LogP contribution is -2.27. The first-order valence-corrected chi connectivity index (χ1v) is 8.06. The van der Waals surface area contributed by atoms with E-state index >= 15 is 0 Å². The summed E-state index contributed by atoms with van der Waals surface area (Å²) in [5, 5.41) is 2.85. The van der Waals surface area contributed by atoms with E-state index in [1.807, 2.05) is 26.8 Å². The van der Waals surface area contributed by atoms with E-state index in [-0.39, 0.29) is 17.6 Å². The fraction of sp³-hybridized carbons (Fsp3) is 0.350. The Morgan fingerprint density at radius 3 is 2.24 bits per heavy atom. The van der Waals surface area contributed by atoms with Gasteiger partial charge in [-0.3, -0.25) is 4.79 Å². The number of allylic oxidation sites excluding steroid dienone is 4. The van der Waals surface area contributed by atoms with Gasteiger partial charge in [-0.1, -0.05) is 42.0 Å². The summed E-state index contributed by atoms with van der Waals surface area (Å²) in [5.74, 6) is -3.07. The molecule has 1 unspecified atom stereocenters. The van der Waals surface area contributed by atoms with Gasteiger partial charge in [-0.2, -0.15) is 0 Å². The van der Waals surface area contributed by atoms with E-state index < -0.39 is 5.92 Å². The molecule has 3 nitrogen and oxygen atoms in total. The van der Waals surface area contributed by atoms with Gasteiger partial charge < -0.3 is 10.1 Å². The Labute approximate surface area is 147 Å². The molecule has 1 aliphatic heterocycles. The molecule has 0 aromatic heterocycles. The summed E-state index contributed by atoms with van der Waals surface area (Å²) in [6.07, 6.45) is 1.43. The molecule has 1 amide bonds. The van der Waals surface area contributed by atoms with Crippen LogP contribution in [0.5, 0.6) is 0 Å². The van der Waals surface area contributed by atoms with Crippen LogP contribution in [0.4, 0.5) is 8.78 Å². The molecule has 0 bridgehead atoms. The van der Waals surface area contributed by atoms with Crippen molar-refractivity contribution in [1.82, 2.24) is 5.32 Å². The Balaban J connectivity index is 2.34. The van der Waals surface area contributed by atoms with E-state index in [2.05, 4.69) is 11.9 Å². The molecule has 1 fully saturated rings. The summed E-state index contributed by atoms with van der Waals surface area (Å²) >= 11 is 0. The van der Waals surface area contributed by atoms with Crippen LogP contribution in [0, 0.1) is 0 Å². The van der Waals surface area contributed by atoms with Crippen LogP contribution in [0.1, 0.15) is 38.8 Å². The van der Waals surface area contributed by atoms with Crippen molar-refractivity contribution in [2.24, 2.45) is 0 Å². The molecule has 0 spiro atoms. The van der Waals surface area contributed by atoms with E-state index in [1.54, 1.807) is 12.1 Å². The highest BCUT2D eigenvalue weighted by Gasteiger charge is 2.31. The maximum absolute atomic E-state index is 13.4. The first kappa shape index (κ1) is 19.1. The van der Waals surface area contributed by atoms with Gasteiger partial charge in [0.1, 0.15) is 0 Å². The van der Waals surface area contributed by atoms with Crippen LogP contribution in [-0.4, -0.2) is 18.6 Å². The van der Waals surface area contributed by atoms with Gasteiger partial charge in [-0.25, -0.2) is 8.78 Å². The van der Waals surface area contributed by atoms with Crippen molar-refractivity contribution in [3.63, 3.8) is 0 Å². The van der Waals surface area contributed by atoms with E-state index in [0.717, 1.165) is 29.2 Å². The zero-order valence-electron chi connectivity index (χ0n) is 15.0. The van der Waals surface area contributed by atoms with Crippen LogP contribution in [0.2, 0.25) is 0 Å². The first-order chi connectivity index (χ1) is 11.6. The average molecular weight is 347 g/mol. The predicted octanol–water partition coefficient (Wildman–Crippen LogP) is 4.57. The highest BCUT2D eigenvalue weighted by molar-refractivity contribution is 5.86. The summed E-state index contributed by atoms with van der Waals surface area (Å²) in [5.41, 5.74) is 3.84. The van der Waals surface area contributed by atoms with Crippen molar-refractivity contribution in [3.05, 3.63) is 64.9 Å². The fourth-order valence-electron chi connectivity index (χ4n) is 2.26. The third kappa shape index (κ3) is 5.10. The molecule has 1 N–H and O–H groups in total. The predicted molar refractivity (Wildman–Crippen MR) is 95.1 cm³/mol. The van der Waals surface area contributed by atoms with Crippen LogP contribution in [0.25, 0.3) is 5.57 Å². The van der Waals surface area contributed by atoms with Gasteiger partial charge in [0, 0.05) is 18.2 Å². The second-order valence-corrected chi connectivity index (χ2v) is 6.53. The van der Waals surface area contributed by atoms with Crippen molar-refractivity contribution < 1.29 is 18.3 Å². The number of amides is 1. The van der Waals surface area contributed by atoms with Gasteiger partial charge in [0.15, 0.2) is 6.10 Å². The van der Waals surface area contributed by atoms with E-state index in [0.29, 0.717) is 12.3 Å². The van der Waals surface area contributed by atoms with Gasteiger partial charge in [0.25, 0.3) is 11.8 Å². The van der Waals surface area contributed by atoms with E-state index in [4.69, 9.17) is 4.74 Å². The van der Waals surface area contributed by atoms with Gasteiger partial charge in [0.2, 0.25) is 0 Å². The van der Waals surface area contributed by atoms with Crippen LogP contribution < -0.4 is 5.32 Å². The van der Waals surface area contributed by atoms with E-state index in [9.17, 15) is 13.6 Å². The number of rotatable bonds is 6. The normalized spacial score (nSPS) is 17.0. The molecule has 1 atom stereocenters. The Hall–Kier alpha value is -2.27. The van der Waals surface area contributed by atoms with Gasteiger partial charge in [-0.15, -0.1) is 0 Å². The molecular formula is C20H23F2NO2. The molecule has 1 heterocycles. The molecule has 2 rings (SSSR count). The van der Waals surface area contributed by atoms with Crippen LogP contribution in [0.3, 0.4) is 0 Å². The first-order valence-electron chi connectivity index (χ1n) is 8.06. The lowest BCUT2D eigenvalue weighted by atomic mass is 9.96. The number of alkyl halides is 2. The molecule has 5 heteroatoms. The zero-order chi connectivity index (χ0) is 18.8. The SMILES string of the molecule is C=C(C)/C(=C\C(NC(=O)C1CO1)=C(C)C)c1ccc(C(C)(F)F)cc1. The highest BCUT2D eigenvalue weighted by atomic mass is 19.3. The quantitative estimate of drug-likeness (QED) is 0.605. The highest BCUT2D eigenvalue weighted by Crippen LogP contribution is 2.30. The third-order valence-corrected chi connectivity index (χ3v) is 3.87. The van der Waals surface area contributed by atoms with Crippen LogP contribution in [-0.2, 0) is 15.5 Å². The summed E-state index contributed by atoms with van der Waals surface area (Å²) in [4.78, 5) is 12.0. The van der Waals surface area contributed by atoms with Gasteiger partial charge in [0.05, 0.1) is 6.61 Å². The number of nitrogens with one attached hydrogen (secondary N) is 1. The second kappa shape index (κ2) is 7.31. The Morgan fingerprint density at radius 1 is 1.28 bits per heavy atom. The molecule has 1 aromatic rings. The van der Waals surface area contributed by atoms with Crippen molar-refractivity contribution in [1.29, 1.82) is 0 Å². The summed E-state index contributed by atoms with van der Waals surface area (Å²) in [7, 11) is 0. The maximum atomic E-state index is 13.4. The van der Waals surface area contributed by atoms with Crippen molar-refractivity contribution in [2.75, 3.05) is 6.61 Å². The standard InChI is InChI=1S/C20H23F2NO2/c1-12(2)16(14-6-8-15(9-7-14)20(5,21)22)10-17(13(3)4)23-19(24)18-11-25-18/h6-10,18H,1,11H2,2-5H3,(H,23,24)/b16-10+. The molecule has 134 valence electrons. The largest absolute Gasteiger partial charge is 0.363 e. The minimum Gasteiger partial charge on any atom is -0.363 e. The van der Waals surface area contributed by atoms with Gasteiger partial charge in [-0.05, 0) is 38.0 Å². The summed E-state index contributed by atoms with van der Waals surface area (Å²) < 4.78 is 31.8. The van der Waals surface area contributed by atoms with Crippen molar-refractivity contribution in [2.45, 2.75) is 39.7 Å². The Kier molecular flexibility index (Phi) is 5.58. The monoisotopic (exact) mass is 347 g/mol. The summed E-state index contributed by atoms with van der Waals surface area (Å²) in [6.45, 7) is 10.9. The average Bonchev–Trinajstić information content (AvgIpc) is 3.34. The molecule has 1 aromatic carbocycles. The van der Waals surface area contributed by atoms with Crippen LogP contribution in [0.15, 0.2) is 53.8 Å². The number of carbonyl (C=O) groups excluding carboxylic acids is 1. The minimum absolute atomic E-state index is 0.0427. The number of halogens is 2. The zero-order valence-corrected chi connectivity index (χ0v) is 15.0. The maximum Gasteiger partial charge on any atom is 0.270 e. The topological polar surface area (TPSA) is 41.6 Å². The number of ether oxygens (including phenoxy) is 1. The molecular weight excluding hydrogens is 324 g/mol. The number of carbonyl (C=O) groups is 1. The molecule has 1 saturated heterocycles. The van der Waals surface area contributed by atoms with Gasteiger partial charge >= 0.3 is 0 Å². The van der Waals surface area contributed by atoms with Crippen LogP contribution >= 0.6 is 0 Å².